The van der Waals surface area contributed by atoms with Gasteiger partial charge >= 0.3 is 0 Å². The van der Waals surface area contributed by atoms with Crippen molar-refractivity contribution < 1.29 is 4.42 Å². The van der Waals surface area contributed by atoms with Gasteiger partial charge in [-0.3, -0.25) is 0 Å². The zero-order valence-electron chi connectivity index (χ0n) is 12.4. The molecule has 0 saturated carbocycles. The van der Waals surface area contributed by atoms with E-state index >= 15 is 0 Å². The van der Waals surface area contributed by atoms with Crippen LogP contribution in [0.15, 0.2) is 34.7 Å². The number of alkyl halides is 1. The van der Waals surface area contributed by atoms with Crippen LogP contribution < -0.4 is 0 Å². The second-order valence-electron chi connectivity index (χ2n) is 6.28. The molecule has 0 bridgehead atoms. The molecule has 4 heteroatoms. The highest BCUT2D eigenvalue weighted by Gasteiger charge is 2.24. The molecule has 2 aromatic rings. The molecule has 0 amide bonds. The van der Waals surface area contributed by atoms with E-state index in [0.717, 1.165) is 12.0 Å². The van der Waals surface area contributed by atoms with Gasteiger partial charge in [-0.15, -0.1) is 21.8 Å². The highest BCUT2D eigenvalue weighted by molar-refractivity contribution is 6.22. The van der Waals surface area contributed by atoms with Crippen LogP contribution in [0.3, 0.4) is 0 Å². The minimum absolute atomic E-state index is 0.217. The molecule has 3 nitrogen and oxygen atoms in total. The van der Waals surface area contributed by atoms with E-state index < -0.39 is 0 Å². The van der Waals surface area contributed by atoms with Gasteiger partial charge in [0.2, 0.25) is 11.8 Å². The van der Waals surface area contributed by atoms with E-state index in [9.17, 15) is 0 Å². The summed E-state index contributed by atoms with van der Waals surface area (Å²) >= 11 is 6.38. The minimum Gasteiger partial charge on any atom is -0.423 e. The number of halogens is 1. The molecule has 20 heavy (non-hydrogen) atoms. The fourth-order valence-electron chi connectivity index (χ4n) is 1.78. The van der Waals surface area contributed by atoms with E-state index in [1.807, 2.05) is 30.3 Å². The van der Waals surface area contributed by atoms with Crippen molar-refractivity contribution in [3.8, 4) is 0 Å². The van der Waals surface area contributed by atoms with Gasteiger partial charge in [0, 0.05) is 6.42 Å². The minimum atomic E-state index is -0.387. The van der Waals surface area contributed by atoms with E-state index in [2.05, 4.69) is 37.9 Å². The molecule has 0 N–H and O–H groups in total. The van der Waals surface area contributed by atoms with Gasteiger partial charge in [0.15, 0.2) is 0 Å². The zero-order chi connectivity index (χ0) is 14.8. The van der Waals surface area contributed by atoms with Crippen molar-refractivity contribution in [1.82, 2.24) is 10.2 Å². The van der Waals surface area contributed by atoms with Crippen LogP contribution in [0.1, 0.15) is 50.4 Å². The smallest absolute Gasteiger partial charge is 0.238 e. The van der Waals surface area contributed by atoms with Crippen LogP contribution in [0.4, 0.5) is 0 Å². The van der Waals surface area contributed by atoms with Crippen molar-refractivity contribution in [3.63, 3.8) is 0 Å². The molecule has 0 aliphatic rings. The van der Waals surface area contributed by atoms with Crippen molar-refractivity contribution in [2.75, 3.05) is 0 Å². The molecule has 0 aliphatic carbocycles. The molecule has 0 fully saturated rings. The fourth-order valence-corrected chi connectivity index (χ4v) is 2.02. The molecular formula is C16H21ClN2O. The third-order valence-corrected chi connectivity index (χ3v) is 4.19. The summed E-state index contributed by atoms with van der Waals surface area (Å²) in [5.41, 5.74) is 1.18. The van der Waals surface area contributed by atoms with Crippen LogP contribution >= 0.6 is 11.6 Å². The molecule has 0 spiro atoms. The van der Waals surface area contributed by atoms with Gasteiger partial charge in [-0.25, -0.2) is 0 Å². The maximum Gasteiger partial charge on any atom is 0.238 e. The maximum atomic E-state index is 6.38. The molecule has 1 aromatic heterocycles. The molecule has 1 aromatic carbocycles. The van der Waals surface area contributed by atoms with Gasteiger partial charge in [0.05, 0.1) is 0 Å². The highest BCUT2D eigenvalue weighted by Crippen LogP contribution is 2.30. The molecule has 0 aliphatic heterocycles. The lowest BCUT2D eigenvalue weighted by Crippen LogP contribution is -2.19. The van der Waals surface area contributed by atoms with Crippen LogP contribution in [-0.4, -0.2) is 10.2 Å². The van der Waals surface area contributed by atoms with Crippen LogP contribution in [0.2, 0.25) is 0 Å². The normalized spacial score (nSPS) is 15.1. The van der Waals surface area contributed by atoms with Crippen LogP contribution in [0, 0.1) is 11.3 Å². The molecule has 0 radical (unpaired) electrons. The lowest BCUT2D eigenvalue weighted by Gasteiger charge is -2.25. The average molecular weight is 293 g/mol. The highest BCUT2D eigenvalue weighted by atomic mass is 35.5. The van der Waals surface area contributed by atoms with E-state index in [1.54, 1.807) is 0 Å². The Bertz CT molecular complexity index is 545. The predicted octanol–water partition coefficient (Wildman–Crippen LogP) is 4.62. The first-order valence-corrected chi connectivity index (χ1v) is 7.33. The Labute approximate surface area is 125 Å². The Morgan fingerprint density at radius 1 is 1.15 bits per heavy atom. The van der Waals surface area contributed by atoms with E-state index in [-0.39, 0.29) is 10.8 Å². The number of aromatic nitrogens is 2. The van der Waals surface area contributed by atoms with E-state index in [4.69, 9.17) is 16.0 Å². The molecule has 2 atom stereocenters. The number of hydrogen-bond donors (Lipinski definition) is 0. The Hall–Kier alpha value is -1.35. The van der Waals surface area contributed by atoms with E-state index in [0.29, 0.717) is 17.7 Å². The second kappa shape index (κ2) is 5.96. The lowest BCUT2D eigenvalue weighted by atomic mass is 9.80. The first-order chi connectivity index (χ1) is 9.38. The summed E-state index contributed by atoms with van der Waals surface area (Å²) < 4.78 is 5.71. The Kier molecular flexibility index (Phi) is 4.48. The monoisotopic (exact) mass is 292 g/mol. The quantitative estimate of drug-likeness (QED) is 0.772. The average Bonchev–Trinajstić information content (AvgIpc) is 2.86. The number of nitrogens with zero attached hydrogens (tertiary/aromatic N) is 2. The molecule has 0 saturated heterocycles. The maximum absolute atomic E-state index is 6.38. The van der Waals surface area contributed by atoms with Gasteiger partial charge in [-0.05, 0) is 16.9 Å². The van der Waals surface area contributed by atoms with Crippen LogP contribution in [0.5, 0.6) is 0 Å². The number of benzene rings is 1. The van der Waals surface area contributed by atoms with Crippen LogP contribution in [0.25, 0.3) is 0 Å². The van der Waals surface area contributed by atoms with Crippen molar-refractivity contribution in [2.45, 2.75) is 39.5 Å². The van der Waals surface area contributed by atoms with Gasteiger partial charge in [0.25, 0.3) is 0 Å². The third kappa shape index (κ3) is 3.60. The Morgan fingerprint density at radius 2 is 1.80 bits per heavy atom. The van der Waals surface area contributed by atoms with Gasteiger partial charge in [-0.1, -0.05) is 58.0 Å². The summed E-state index contributed by atoms with van der Waals surface area (Å²) in [4.78, 5) is 0. The van der Waals surface area contributed by atoms with Crippen molar-refractivity contribution in [2.24, 2.45) is 11.3 Å². The molecule has 2 rings (SSSR count). The summed E-state index contributed by atoms with van der Waals surface area (Å²) in [6, 6.07) is 9.77. The summed E-state index contributed by atoms with van der Waals surface area (Å²) in [5.74, 6) is 1.58. The second-order valence-corrected chi connectivity index (χ2v) is 6.71. The SMILES string of the molecule is CC(Cc1nnc(C(Cl)c2ccccc2)o1)C(C)(C)C. The largest absolute Gasteiger partial charge is 0.423 e. The summed E-state index contributed by atoms with van der Waals surface area (Å²) in [5, 5.41) is 7.81. The summed E-state index contributed by atoms with van der Waals surface area (Å²) in [7, 11) is 0. The molecule has 1 heterocycles. The van der Waals surface area contributed by atoms with Gasteiger partial charge < -0.3 is 4.42 Å². The standard InChI is InChI=1S/C16H21ClN2O/c1-11(16(2,3)4)10-13-18-19-15(20-13)14(17)12-8-6-5-7-9-12/h5-9,11,14H,10H2,1-4H3. The summed E-state index contributed by atoms with van der Waals surface area (Å²) in [6.45, 7) is 8.83. The number of hydrogen-bond acceptors (Lipinski definition) is 3. The Balaban J connectivity index is 2.10. The molecular weight excluding hydrogens is 272 g/mol. The number of rotatable bonds is 4. The zero-order valence-corrected chi connectivity index (χ0v) is 13.2. The summed E-state index contributed by atoms with van der Waals surface area (Å²) in [6.07, 6.45) is 0.773. The Morgan fingerprint density at radius 3 is 2.40 bits per heavy atom. The van der Waals surface area contributed by atoms with Crippen molar-refractivity contribution in [3.05, 3.63) is 47.7 Å². The predicted molar refractivity (Wildman–Crippen MR) is 80.8 cm³/mol. The first-order valence-electron chi connectivity index (χ1n) is 6.89. The third-order valence-electron chi connectivity index (χ3n) is 3.75. The topological polar surface area (TPSA) is 38.9 Å². The fraction of sp³-hybridized carbons (Fsp3) is 0.500. The van der Waals surface area contributed by atoms with Gasteiger partial charge in [-0.2, -0.15) is 0 Å². The van der Waals surface area contributed by atoms with E-state index in [1.165, 1.54) is 0 Å². The lowest BCUT2D eigenvalue weighted by molar-refractivity contribution is 0.243. The first kappa shape index (κ1) is 15.0. The van der Waals surface area contributed by atoms with Crippen molar-refractivity contribution >= 4 is 11.6 Å². The van der Waals surface area contributed by atoms with Gasteiger partial charge in [0.1, 0.15) is 5.38 Å². The molecule has 108 valence electrons. The molecule has 2 unspecified atom stereocenters. The van der Waals surface area contributed by atoms with Crippen molar-refractivity contribution in [1.29, 1.82) is 0 Å². The van der Waals surface area contributed by atoms with Crippen LogP contribution in [-0.2, 0) is 6.42 Å².